The van der Waals surface area contributed by atoms with Crippen molar-refractivity contribution in [3.05, 3.63) is 54.0 Å². The third kappa shape index (κ3) is 3.46. The van der Waals surface area contributed by atoms with Crippen LogP contribution in [0.15, 0.2) is 42.6 Å². The van der Waals surface area contributed by atoms with Crippen molar-refractivity contribution in [2.24, 2.45) is 7.05 Å². The molecule has 7 nitrogen and oxygen atoms in total. The number of benzene rings is 2. The first kappa shape index (κ1) is 19.7. The fraction of sp³-hybridized carbons (Fsp3) is 0.348. The zero-order valence-electron chi connectivity index (χ0n) is 17.2. The summed E-state index contributed by atoms with van der Waals surface area (Å²) in [5, 5.41) is 15.2. The highest BCUT2D eigenvalue weighted by Crippen LogP contribution is 2.37. The normalized spacial score (nSPS) is 17.8. The molecule has 5 rings (SSSR count). The fourth-order valence-corrected chi connectivity index (χ4v) is 4.12. The highest BCUT2D eigenvalue weighted by Gasteiger charge is 2.50. The molecule has 1 saturated heterocycles. The van der Waals surface area contributed by atoms with Gasteiger partial charge in [-0.15, -0.1) is 0 Å². The van der Waals surface area contributed by atoms with Gasteiger partial charge in [-0.3, -0.25) is 14.3 Å². The van der Waals surface area contributed by atoms with Crippen LogP contribution in [0.25, 0.3) is 22.0 Å². The molecular formula is C23H23FN4O3. The van der Waals surface area contributed by atoms with E-state index >= 15 is 0 Å². The number of piperazine rings is 1. The van der Waals surface area contributed by atoms with Gasteiger partial charge in [0.2, 0.25) is 0 Å². The largest absolute Gasteiger partial charge is 0.380 e. The van der Waals surface area contributed by atoms with Crippen molar-refractivity contribution in [3.63, 3.8) is 0 Å². The number of carbonyl (C=O) groups excluding carboxylic acids is 2. The van der Waals surface area contributed by atoms with Gasteiger partial charge in [0.1, 0.15) is 11.4 Å². The van der Waals surface area contributed by atoms with Crippen molar-refractivity contribution in [2.75, 3.05) is 26.2 Å². The lowest BCUT2D eigenvalue weighted by Crippen LogP contribution is -2.53. The zero-order valence-corrected chi connectivity index (χ0v) is 17.2. The molecule has 2 amide bonds. The number of hydrogen-bond acceptors (Lipinski definition) is 4. The number of nitrogens with zero attached hydrogens (tertiary/aromatic N) is 4. The molecule has 3 aromatic rings. The number of hydrogen-bond donors (Lipinski definition) is 1. The number of rotatable bonds is 3. The number of fused-ring (bicyclic) bond motifs is 1. The van der Waals surface area contributed by atoms with Gasteiger partial charge < -0.3 is 14.9 Å². The zero-order chi connectivity index (χ0) is 21.8. The summed E-state index contributed by atoms with van der Waals surface area (Å²) < 4.78 is 16.7. The molecule has 0 atom stereocenters. The number of carbonyl (C=O) groups is 2. The van der Waals surface area contributed by atoms with E-state index in [0.29, 0.717) is 44.6 Å². The molecule has 2 aromatic carbocycles. The SMILES string of the molecule is Cn1ncc2ccc(-c3ccc(C(=O)N4CCN(C(=O)C5(O)CC5)CC4)cc3F)cc21. The molecule has 0 unspecified atom stereocenters. The van der Waals surface area contributed by atoms with Crippen molar-refractivity contribution in [2.45, 2.75) is 18.4 Å². The Hall–Kier alpha value is -3.26. The van der Waals surface area contributed by atoms with E-state index in [1.165, 1.54) is 6.07 Å². The van der Waals surface area contributed by atoms with E-state index in [1.54, 1.807) is 32.8 Å². The van der Waals surface area contributed by atoms with Gasteiger partial charge in [-0.2, -0.15) is 5.10 Å². The highest BCUT2D eigenvalue weighted by molar-refractivity contribution is 5.95. The first-order valence-corrected chi connectivity index (χ1v) is 10.4. The smallest absolute Gasteiger partial charge is 0.254 e. The summed E-state index contributed by atoms with van der Waals surface area (Å²) in [5.74, 6) is -0.970. The van der Waals surface area contributed by atoms with E-state index in [4.69, 9.17) is 0 Å². The van der Waals surface area contributed by atoms with Crippen molar-refractivity contribution < 1.29 is 19.1 Å². The fourth-order valence-electron chi connectivity index (χ4n) is 4.12. The maximum atomic E-state index is 14.9. The van der Waals surface area contributed by atoms with Crippen LogP contribution in [-0.2, 0) is 11.8 Å². The molecule has 31 heavy (non-hydrogen) atoms. The monoisotopic (exact) mass is 422 g/mol. The molecule has 8 heteroatoms. The molecular weight excluding hydrogens is 399 g/mol. The Morgan fingerprint density at radius 1 is 1.03 bits per heavy atom. The van der Waals surface area contributed by atoms with Gasteiger partial charge in [0.05, 0.1) is 11.7 Å². The molecule has 2 fully saturated rings. The maximum Gasteiger partial charge on any atom is 0.254 e. The van der Waals surface area contributed by atoms with Crippen molar-refractivity contribution >= 4 is 22.7 Å². The predicted molar refractivity (Wildman–Crippen MR) is 113 cm³/mol. The minimum atomic E-state index is -1.19. The number of amides is 2. The second-order valence-corrected chi connectivity index (χ2v) is 8.35. The van der Waals surface area contributed by atoms with Gasteiger partial charge in [0.25, 0.3) is 11.8 Å². The molecule has 160 valence electrons. The second-order valence-electron chi connectivity index (χ2n) is 8.35. The van der Waals surface area contributed by atoms with Gasteiger partial charge in [-0.1, -0.05) is 18.2 Å². The summed E-state index contributed by atoms with van der Waals surface area (Å²) in [6.07, 6.45) is 2.77. The topological polar surface area (TPSA) is 78.7 Å². The van der Waals surface area contributed by atoms with E-state index in [2.05, 4.69) is 5.10 Å². The van der Waals surface area contributed by atoms with Gasteiger partial charge in [0, 0.05) is 49.7 Å². The summed E-state index contributed by atoms with van der Waals surface area (Å²) in [4.78, 5) is 28.3. The average molecular weight is 422 g/mol. The lowest BCUT2D eigenvalue weighted by Gasteiger charge is -2.35. The van der Waals surface area contributed by atoms with E-state index in [0.717, 1.165) is 16.5 Å². The Balaban J connectivity index is 1.31. The third-order valence-corrected chi connectivity index (χ3v) is 6.25. The number of aryl methyl sites for hydroxylation is 1. The number of halogens is 1. The van der Waals surface area contributed by atoms with Crippen LogP contribution < -0.4 is 0 Å². The van der Waals surface area contributed by atoms with E-state index in [1.807, 2.05) is 25.2 Å². The van der Waals surface area contributed by atoms with Crippen molar-refractivity contribution in [1.29, 1.82) is 0 Å². The lowest BCUT2D eigenvalue weighted by molar-refractivity contribution is -0.143. The van der Waals surface area contributed by atoms with E-state index in [-0.39, 0.29) is 17.4 Å². The molecule has 1 aliphatic carbocycles. The standard InChI is InChI=1S/C23H23FN4O3/c1-26-20-13-15(2-3-17(20)14-25-26)18-5-4-16(12-19(18)24)21(29)27-8-10-28(11-9-27)22(30)23(31)6-7-23/h2-5,12-14,31H,6-11H2,1H3. The van der Waals surface area contributed by atoms with E-state index < -0.39 is 11.4 Å². The van der Waals surface area contributed by atoms with Gasteiger partial charge in [0.15, 0.2) is 0 Å². The summed E-state index contributed by atoms with van der Waals surface area (Å²) >= 11 is 0. The first-order valence-electron chi connectivity index (χ1n) is 10.4. The average Bonchev–Trinajstić information content (AvgIpc) is 3.44. The van der Waals surface area contributed by atoms with Crippen LogP contribution in [-0.4, -0.2) is 68.3 Å². The van der Waals surface area contributed by atoms with Crippen LogP contribution in [0.2, 0.25) is 0 Å². The Morgan fingerprint density at radius 2 is 1.74 bits per heavy atom. The van der Waals surface area contributed by atoms with Crippen LogP contribution >= 0.6 is 0 Å². The third-order valence-electron chi connectivity index (χ3n) is 6.25. The Morgan fingerprint density at radius 3 is 2.42 bits per heavy atom. The molecule has 0 spiro atoms. The summed E-state index contributed by atoms with van der Waals surface area (Å²) in [6, 6.07) is 10.2. The maximum absolute atomic E-state index is 14.9. The number of aromatic nitrogens is 2. The molecule has 1 saturated carbocycles. The van der Waals surface area contributed by atoms with Crippen LogP contribution in [0.1, 0.15) is 23.2 Å². The minimum absolute atomic E-state index is 0.250. The van der Waals surface area contributed by atoms with Crippen LogP contribution in [0.4, 0.5) is 4.39 Å². The minimum Gasteiger partial charge on any atom is -0.380 e. The lowest BCUT2D eigenvalue weighted by atomic mass is 10.0. The van der Waals surface area contributed by atoms with Crippen LogP contribution in [0, 0.1) is 5.82 Å². The van der Waals surface area contributed by atoms with E-state index in [9.17, 15) is 19.1 Å². The molecule has 1 aromatic heterocycles. The number of aliphatic hydroxyl groups is 1. The van der Waals surface area contributed by atoms with Gasteiger partial charge in [-0.05, 0) is 36.6 Å². The van der Waals surface area contributed by atoms with Gasteiger partial charge in [-0.25, -0.2) is 4.39 Å². The van der Waals surface area contributed by atoms with Crippen LogP contribution in [0.3, 0.4) is 0 Å². The summed E-state index contributed by atoms with van der Waals surface area (Å²) in [7, 11) is 1.84. The predicted octanol–water partition coefficient (Wildman–Crippen LogP) is 2.19. The molecule has 0 bridgehead atoms. The Bertz CT molecular complexity index is 1190. The quantitative estimate of drug-likeness (QED) is 0.702. The molecule has 2 heterocycles. The highest BCUT2D eigenvalue weighted by atomic mass is 19.1. The first-order chi connectivity index (χ1) is 14.9. The summed E-state index contributed by atoms with van der Waals surface area (Å²) in [6.45, 7) is 1.47. The molecule has 1 N–H and O–H groups in total. The van der Waals surface area contributed by atoms with Crippen molar-refractivity contribution in [3.8, 4) is 11.1 Å². The molecule has 2 aliphatic rings. The van der Waals surface area contributed by atoms with Gasteiger partial charge >= 0.3 is 0 Å². The summed E-state index contributed by atoms with van der Waals surface area (Å²) in [5.41, 5.74) is 1.14. The molecule has 1 aliphatic heterocycles. The Labute approximate surface area is 178 Å². The molecule has 0 radical (unpaired) electrons. The second kappa shape index (κ2) is 7.16. The van der Waals surface area contributed by atoms with Crippen molar-refractivity contribution in [1.82, 2.24) is 19.6 Å². The Kier molecular flexibility index (Phi) is 4.55. The van der Waals surface area contributed by atoms with Crippen LogP contribution in [0.5, 0.6) is 0 Å².